The first-order valence-corrected chi connectivity index (χ1v) is 10.8. The molecule has 0 radical (unpaired) electrons. The second kappa shape index (κ2) is 8.86. The number of carbonyl (C=O) groups is 2. The molecule has 2 amide bonds. The van der Waals surface area contributed by atoms with E-state index in [1.807, 2.05) is 69.3 Å². The summed E-state index contributed by atoms with van der Waals surface area (Å²) in [5.74, 6) is 0.674. The lowest BCUT2D eigenvalue weighted by Gasteiger charge is -2.23. The second-order valence-corrected chi connectivity index (χ2v) is 8.99. The van der Waals surface area contributed by atoms with Gasteiger partial charge in [-0.05, 0) is 61.9 Å². The summed E-state index contributed by atoms with van der Waals surface area (Å²) in [5, 5.41) is 11.2. The number of pyridine rings is 1. The maximum Gasteiger partial charge on any atom is 0.407 e. The van der Waals surface area contributed by atoms with Crippen LogP contribution in [-0.4, -0.2) is 35.2 Å². The van der Waals surface area contributed by atoms with Crippen LogP contribution < -0.4 is 16.0 Å². The van der Waals surface area contributed by atoms with Crippen LogP contribution in [0.4, 0.5) is 10.6 Å². The van der Waals surface area contributed by atoms with Crippen LogP contribution >= 0.6 is 0 Å². The smallest absolute Gasteiger partial charge is 0.407 e. The summed E-state index contributed by atoms with van der Waals surface area (Å²) >= 11 is 0. The van der Waals surface area contributed by atoms with E-state index in [2.05, 4.69) is 20.9 Å². The summed E-state index contributed by atoms with van der Waals surface area (Å²) in [5.41, 5.74) is 2.13. The van der Waals surface area contributed by atoms with Gasteiger partial charge in [-0.15, -0.1) is 0 Å². The monoisotopic (exact) mass is 432 g/mol. The summed E-state index contributed by atoms with van der Waals surface area (Å²) in [6.45, 7) is 6.35. The van der Waals surface area contributed by atoms with Gasteiger partial charge in [-0.25, -0.2) is 9.78 Å². The SMILES string of the molecule is CC(C)(C)OC(=O)NC[C@H](Cc1ccccc1)NC(=O)c1cc2c3c(nccc3c1)NC2. The van der Waals surface area contributed by atoms with Crippen LogP contribution in [0.15, 0.2) is 54.7 Å². The number of nitrogens with one attached hydrogen (secondary N) is 3. The molecular weight excluding hydrogens is 404 g/mol. The van der Waals surface area contributed by atoms with Crippen LogP contribution in [0.1, 0.15) is 42.3 Å². The van der Waals surface area contributed by atoms with Gasteiger partial charge >= 0.3 is 6.09 Å². The van der Waals surface area contributed by atoms with Gasteiger partial charge in [-0.3, -0.25) is 4.79 Å². The lowest BCUT2D eigenvalue weighted by atomic mass is 10.0. The predicted octanol–water partition coefficient (Wildman–Crippen LogP) is 4.03. The van der Waals surface area contributed by atoms with Gasteiger partial charge in [-0.2, -0.15) is 0 Å². The van der Waals surface area contributed by atoms with E-state index in [1.165, 1.54) is 0 Å². The second-order valence-electron chi connectivity index (χ2n) is 8.99. The molecule has 1 aliphatic rings. The summed E-state index contributed by atoms with van der Waals surface area (Å²) in [4.78, 5) is 29.7. The highest BCUT2D eigenvalue weighted by Crippen LogP contribution is 2.32. The largest absolute Gasteiger partial charge is 0.444 e. The molecule has 0 bridgehead atoms. The molecule has 0 spiro atoms. The zero-order valence-electron chi connectivity index (χ0n) is 18.6. The quantitative estimate of drug-likeness (QED) is 0.547. The predicted molar refractivity (Wildman–Crippen MR) is 125 cm³/mol. The molecule has 7 heteroatoms. The number of alkyl carbamates (subject to hydrolysis) is 1. The number of aromatic nitrogens is 1. The Morgan fingerprint density at radius 3 is 2.69 bits per heavy atom. The van der Waals surface area contributed by atoms with E-state index >= 15 is 0 Å². The van der Waals surface area contributed by atoms with Crippen LogP contribution in [0.5, 0.6) is 0 Å². The zero-order valence-corrected chi connectivity index (χ0v) is 18.6. The fraction of sp³-hybridized carbons (Fsp3) is 0.320. The van der Waals surface area contributed by atoms with Crippen LogP contribution in [0, 0.1) is 0 Å². The Morgan fingerprint density at radius 1 is 1.16 bits per heavy atom. The van der Waals surface area contributed by atoms with Gasteiger partial charge in [0.15, 0.2) is 0 Å². The number of hydrogen-bond acceptors (Lipinski definition) is 5. The lowest BCUT2D eigenvalue weighted by molar-refractivity contribution is 0.0519. The number of anilines is 1. The van der Waals surface area contributed by atoms with E-state index in [0.29, 0.717) is 18.5 Å². The fourth-order valence-corrected chi connectivity index (χ4v) is 3.85. The molecular formula is C25H28N4O3. The average Bonchev–Trinajstić information content (AvgIpc) is 3.16. The van der Waals surface area contributed by atoms with Crippen molar-refractivity contribution in [3.63, 3.8) is 0 Å². The third-order valence-electron chi connectivity index (χ3n) is 5.21. The number of nitrogens with zero attached hydrogens (tertiary/aromatic N) is 1. The van der Waals surface area contributed by atoms with E-state index in [9.17, 15) is 9.59 Å². The molecule has 4 rings (SSSR count). The normalized spacial score (nSPS) is 13.3. The maximum absolute atomic E-state index is 13.2. The van der Waals surface area contributed by atoms with E-state index in [1.54, 1.807) is 6.20 Å². The molecule has 7 nitrogen and oxygen atoms in total. The number of carbonyl (C=O) groups excluding carboxylic acids is 2. The molecule has 3 N–H and O–H groups in total. The fourth-order valence-electron chi connectivity index (χ4n) is 3.85. The van der Waals surface area contributed by atoms with Crippen LogP contribution in [0.25, 0.3) is 10.8 Å². The minimum absolute atomic E-state index is 0.180. The Kier molecular flexibility index (Phi) is 5.99. The van der Waals surface area contributed by atoms with Crippen LogP contribution in [0.3, 0.4) is 0 Å². The minimum Gasteiger partial charge on any atom is -0.444 e. The summed E-state index contributed by atoms with van der Waals surface area (Å²) in [7, 11) is 0. The molecule has 1 atom stereocenters. The number of rotatable bonds is 6. The molecule has 2 heterocycles. The van der Waals surface area contributed by atoms with Crippen molar-refractivity contribution in [1.29, 1.82) is 0 Å². The van der Waals surface area contributed by atoms with E-state index in [-0.39, 0.29) is 18.5 Å². The van der Waals surface area contributed by atoms with Gasteiger partial charge < -0.3 is 20.7 Å². The molecule has 1 aliphatic heterocycles. The van der Waals surface area contributed by atoms with E-state index in [4.69, 9.17) is 4.74 Å². The Balaban J connectivity index is 1.50. The molecule has 0 saturated carbocycles. The standard InChI is InChI=1S/C25H28N4O3/c1-25(2,3)32-24(31)28-15-20(11-16-7-5-4-6-8-16)29-23(30)18-12-17-9-10-26-22-21(17)19(13-18)14-27-22/h4-10,12-13,20H,11,14-15H2,1-3H3,(H,26,27)(H,28,31)(H,29,30)/t20-/m0/s1. The first-order chi connectivity index (χ1) is 15.3. The molecule has 0 saturated heterocycles. The lowest BCUT2D eigenvalue weighted by Crippen LogP contribution is -2.46. The van der Waals surface area contributed by atoms with E-state index < -0.39 is 11.7 Å². The minimum atomic E-state index is -0.586. The molecule has 2 aromatic carbocycles. The van der Waals surface area contributed by atoms with Crippen molar-refractivity contribution < 1.29 is 14.3 Å². The molecule has 0 fully saturated rings. The molecule has 1 aromatic heterocycles. The van der Waals surface area contributed by atoms with E-state index in [0.717, 1.165) is 27.7 Å². The molecule has 3 aromatic rings. The van der Waals surface area contributed by atoms with Crippen molar-refractivity contribution in [2.24, 2.45) is 0 Å². The first-order valence-electron chi connectivity index (χ1n) is 10.8. The molecule has 166 valence electrons. The number of hydrogen-bond donors (Lipinski definition) is 3. The van der Waals surface area contributed by atoms with Gasteiger partial charge in [0.2, 0.25) is 0 Å². The Hall–Kier alpha value is -3.61. The van der Waals surface area contributed by atoms with Crippen LogP contribution in [-0.2, 0) is 17.7 Å². The topological polar surface area (TPSA) is 92.4 Å². The van der Waals surface area contributed by atoms with Crippen molar-refractivity contribution in [1.82, 2.24) is 15.6 Å². The van der Waals surface area contributed by atoms with Gasteiger partial charge in [-0.1, -0.05) is 30.3 Å². The highest BCUT2D eigenvalue weighted by molar-refractivity contribution is 6.04. The highest BCUT2D eigenvalue weighted by atomic mass is 16.6. The summed E-state index contributed by atoms with van der Waals surface area (Å²) in [6, 6.07) is 15.3. The number of amides is 2. The van der Waals surface area contributed by atoms with Gasteiger partial charge in [0.25, 0.3) is 5.91 Å². The molecule has 0 unspecified atom stereocenters. The first kappa shape index (κ1) is 21.6. The van der Waals surface area contributed by atoms with Crippen LogP contribution in [0.2, 0.25) is 0 Å². The maximum atomic E-state index is 13.2. The zero-order chi connectivity index (χ0) is 22.7. The Bertz CT molecular complexity index is 1140. The third-order valence-corrected chi connectivity index (χ3v) is 5.21. The van der Waals surface area contributed by atoms with Crippen molar-refractivity contribution >= 4 is 28.6 Å². The van der Waals surface area contributed by atoms with Gasteiger partial charge in [0, 0.05) is 30.2 Å². The number of benzene rings is 2. The molecule has 0 aliphatic carbocycles. The average molecular weight is 433 g/mol. The van der Waals surface area contributed by atoms with Crippen molar-refractivity contribution in [3.05, 3.63) is 71.4 Å². The van der Waals surface area contributed by atoms with Crippen molar-refractivity contribution in [2.45, 2.75) is 45.4 Å². The third kappa shape index (κ3) is 5.17. The van der Waals surface area contributed by atoms with Gasteiger partial charge in [0.1, 0.15) is 11.4 Å². The summed E-state index contributed by atoms with van der Waals surface area (Å²) in [6.07, 6.45) is 1.82. The number of ether oxygens (including phenoxy) is 1. The van der Waals surface area contributed by atoms with Crippen molar-refractivity contribution in [3.8, 4) is 0 Å². The van der Waals surface area contributed by atoms with Crippen molar-refractivity contribution in [2.75, 3.05) is 11.9 Å². The Labute approximate surface area is 187 Å². The molecule has 32 heavy (non-hydrogen) atoms. The Morgan fingerprint density at radius 2 is 1.94 bits per heavy atom. The van der Waals surface area contributed by atoms with Gasteiger partial charge in [0.05, 0.1) is 6.04 Å². The summed E-state index contributed by atoms with van der Waals surface area (Å²) < 4.78 is 5.34. The highest BCUT2D eigenvalue weighted by Gasteiger charge is 2.21.